The molecule has 1 fully saturated rings. The van der Waals surface area contributed by atoms with Crippen LogP contribution in [0.3, 0.4) is 0 Å². The topological polar surface area (TPSA) is 53.6 Å². The maximum absolute atomic E-state index is 11.3. The number of rotatable bonds is 9. The Labute approximate surface area is 132 Å². The van der Waals surface area contributed by atoms with Gasteiger partial charge in [0.25, 0.3) is 0 Å². The highest BCUT2D eigenvalue weighted by Crippen LogP contribution is 2.10. The maximum Gasteiger partial charge on any atom is 0.222 e. The average molecular weight is 303 g/mol. The lowest BCUT2D eigenvalue weighted by molar-refractivity contribution is -0.124. The van der Waals surface area contributed by atoms with Crippen LogP contribution in [0.25, 0.3) is 0 Å². The van der Waals surface area contributed by atoms with Gasteiger partial charge in [0.05, 0.1) is 13.2 Å². The Morgan fingerprint density at radius 3 is 2.48 bits per heavy atom. The van der Waals surface area contributed by atoms with Crippen molar-refractivity contribution in [3.8, 4) is 0 Å². The summed E-state index contributed by atoms with van der Waals surface area (Å²) in [6.07, 6.45) is 2.45. The van der Waals surface area contributed by atoms with E-state index in [1.54, 1.807) is 0 Å². The van der Waals surface area contributed by atoms with E-state index in [2.05, 4.69) is 29.4 Å². The van der Waals surface area contributed by atoms with Gasteiger partial charge < -0.3 is 20.3 Å². The van der Waals surface area contributed by atoms with E-state index in [4.69, 9.17) is 4.74 Å². The van der Waals surface area contributed by atoms with E-state index < -0.39 is 0 Å². The number of likely N-dealkylation sites (tertiary alicyclic amines) is 1. The summed E-state index contributed by atoms with van der Waals surface area (Å²) in [7, 11) is 0. The van der Waals surface area contributed by atoms with E-state index in [9.17, 15) is 4.79 Å². The van der Waals surface area contributed by atoms with E-state index >= 15 is 0 Å². The van der Waals surface area contributed by atoms with Crippen molar-refractivity contribution in [3.63, 3.8) is 0 Å². The zero-order chi connectivity index (χ0) is 15.7. The van der Waals surface area contributed by atoms with Gasteiger partial charge in [-0.15, -0.1) is 0 Å². The molecule has 0 radical (unpaired) electrons. The molecule has 0 aliphatic carbocycles. The second-order valence-corrected chi connectivity index (χ2v) is 6.50. The van der Waals surface area contributed by atoms with E-state index in [-0.39, 0.29) is 14.7 Å². The number of amides is 1. The number of piperidine rings is 1. The molecule has 1 amide bonds. The van der Waals surface area contributed by atoms with Crippen LogP contribution in [0.5, 0.6) is 0 Å². The van der Waals surface area contributed by atoms with Crippen molar-refractivity contribution in [3.05, 3.63) is 0 Å². The molecule has 0 atom stereocenters. The fourth-order valence-corrected chi connectivity index (χ4v) is 2.54. The lowest BCUT2D eigenvalue weighted by atomic mass is 10.0. The summed E-state index contributed by atoms with van der Waals surface area (Å²) >= 11 is 0. The van der Waals surface area contributed by atoms with Crippen molar-refractivity contribution in [2.75, 3.05) is 39.4 Å². The Hall–Kier alpha value is -0.650. The molecule has 0 saturated carbocycles. The van der Waals surface area contributed by atoms with Crippen molar-refractivity contribution in [1.82, 2.24) is 15.5 Å². The van der Waals surface area contributed by atoms with Crippen LogP contribution < -0.4 is 10.6 Å². The second kappa shape index (κ2) is 10.1. The summed E-state index contributed by atoms with van der Waals surface area (Å²) < 4.78 is 5.59. The molecule has 0 bridgehead atoms. The van der Waals surface area contributed by atoms with Crippen LogP contribution in [0.2, 0.25) is 0 Å². The monoisotopic (exact) mass is 303 g/mol. The maximum atomic E-state index is 11.3. The molecule has 0 unspecified atom stereocenters. The Morgan fingerprint density at radius 2 is 1.90 bits per heavy atom. The first-order chi connectivity index (χ1) is 9.99. The summed E-state index contributed by atoms with van der Waals surface area (Å²) in [4.78, 5) is 13.8. The van der Waals surface area contributed by atoms with Crippen LogP contribution in [0, 0.1) is 5.92 Å². The standard InChI is InChI=1S/C16H33N3O2.2H2/c1-13(2)16(20)17-7-11-21-12-10-19-8-5-15(6-9-19)18-14(3)4;;/h13-15,18H,5-12H2,1-4H3,(H,17,20);2*1H. The highest BCUT2D eigenvalue weighted by Gasteiger charge is 2.18. The quantitative estimate of drug-likeness (QED) is 0.637. The molecule has 1 saturated heterocycles. The molecule has 1 rings (SSSR count). The first-order valence-electron chi connectivity index (χ1n) is 8.33. The third-order valence-electron chi connectivity index (χ3n) is 3.78. The average Bonchev–Trinajstić information content (AvgIpc) is 2.43. The van der Waals surface area contributed by atoms with Crippen LogP contribution in [0.1, 0.15) is 43.4 Å². The predicted molar refractivity (Wildman–Crippen MR) is 90.6 cm³/mol. The highest BCUT2D eigenvalue weighted by molar-refractivity contribution is 5.77. The molecular formula is C16H37N3O2. The second-order valence-electron chi connectivity index (χ2n) is 6.50. The Balaban J connectivity index is 0. The number of hydrogen-bond donors (Lipinski definition) is 2. The van der Waals surface area contributed by atoms with Crippen molar-refractivity contribution in [2.45, 2.75) is 52.6 Å². The molecule has 0 aromatic carbocycles. The lowest BCUT2D eigenvalue weighted by Crippen LogP contribution is -2.45. The summed E-state index contributed by atoms with van der Waals surface area (Å²) in [5, 5.41) is 6.47. The first kappa shape index (κ1) is 18.4. The van der Waals surface area contributed by atoms with Crippen molar-refractivity contribution < 1.29 is 12.4 Å². The smallest absolute Gasteiger partial charge is 0.222 e. The van der Waals surface area contributed by atoms with Gasteiger partial charge in [-0.25, -0.2) is 0 Å². The van der Waals surface area contributed by atoms with Crippen LogP contribution in [0.4, 0.5) is 0 Å². The predicted octanol–water partition coefficient (Wildman–Crippen LogP) is 1.73. The van der Waals surface area contributed by atoms with E-state index in [1.807, 2.05) is 13.8 Å². The zero-order valence-corrected chi connectivity index (χ0v) is 14.2. The molecule has 5 nitrogen and oxygen atoms in total. The molecule has 0 aromatic rings. The third-order valence-corrected chi connectivity index (χ3v) is 3.78. The van der Waals surface area contributed by atoms with Gasteiger partial charge in [0.15, 0.2) is 0 Å². The number of ether oxygens (including phenoxy) is 1. The third kappa shape index (κ3) is 8.39. The van der Waals surface area contributed by atoms with E-state index in [0.717, 1.165) is 26.2 Å². The minimum atomic E-state index is 0. The minimum absolute atomic E-state index is 0. The molecule has 0 aromatic heterocycles. The van der Waals surface area contributed by atoms with E-state index in [0.29, 0.717) is 25.2 Å². The molecule has 1 aliphatic heterocycles. The van der Waals surface area contributed by atoms with Crippen LogP contribution in [-0.2, 0) is 9.53 Å². The zero-order valence-electron chi connectivity index (χ0n) is 14.2. The SMILES string of the molecule is CC(C)NC1CCN(CCOCCNC(=O)C(C)C)CC1.[HH].[HH]. The molecule has 1 aliphatic rings. The lowest BCUT2D eigenvalue weighted by Gasteiger charge is -2.33. The summed E-state index contributed by atoms with van der Waals surface area (Å²) in [5.74, 6) is 0.143. The summed E-state index contributed by atoms with van der Waals surface area (Å²) in [6.45, 7) is 13.5. The van der Waals surface area contributed by atoms with Gasteiger partial charge in [-0.3, -0.25) is 4.79 Å². The van der Waals surface area contributed by atoms with Crippen molar-refractivity contribution in [2.24, 2.45) is 5.92 Å². The Kier molecular flexibility index (Phi) is 8.88. The molecule has 0 spiro atoms. The van der Waals surface area contributed by atoms with Gasteiger partial charge in [-0.1, -0.05) is 27.7 Å². The van der Waals surface area contributed by atoms with Gasteiger partial charge in [0, 0.05) is 33.9 Å². The van der Waals surface area contributed by atoms with Gasteiger partial charge in [-0.2, -0.15) is 0 Å². The van der Waals surface area contributed by atoms with Crippen LogP contribution in [-0.4, -0.2) is 62.3 Å². The fourth-order valence-electron chi connectivity index (χ4n) is 2.54. The number of nitrogens with one attached hydrogen (secondary N) is 2. The number of hydrogen-bond acceptors (Lipinski definition) is 4. The van der Waals surface area contributed by atoms with Crippen LogP contribution >= 0.6 is 0 Å². The van der Waals surface area contributed by atoms with Crippen LogP contribution in [0.15, 0.2) is 0 Å². The summed E-state index contributed by atoms with van der Waals surface area (Å²) in [5.41, 5.74) is 0. The van der Waals surface area contributed by atoms with Gasteiger partial charge in [-0.05, 0) is 25.9 Å². The fraction of sp³-hybridized carbons (Fsp3) is 0.938. The molecule has 21 heavy (non-hydrogen) atoms. The van der Waals surface area contributed by atoms with Gasteiger partial charge in [0.2, 0.25) is 5.91 Å². The molecular weight excluding hydrogens is 266 g/mol. The normalized spacial score (nSPS) is 17.6. The van der Waals surface area contributed by atoms with Crippen molar-refractivity contribution >= 4 is 5.91 Å². The molecule has 2 N–H and O–H groups in total. The number of nitrogens with zero attached hydrogens (tertiary/aromatic N) is 1. The molecule has 128 valence electrons. The first-order valence-corrected chi connectivity index (χ1v) is 8.33. The van der Waals surface area contributed by atoms with E-state index in [1.165, 1.54) is 12.8 Å². The van der Waals surface area contributed by atoms with Crippen molar-refractivity contribution in [1.29, 1.82) is 0 Å². The Bertz CT molecular complexity index is 297. The number of carbonyl (C=O) groups is 1. The highest BCUT2D eigenvalue weighted by atomic mass is 16.5. The van der Waals surface area contributed by atoms with Gasteiger partial charge >= 0.3 is 0 Å². The molecule has 1 heterocycles. The Morgan fingerprint density at radius 1 is 1.24 bits per heavy atom. The number of carbonyl (C=O) groups excluding carboxylic acids is 1. The molecule has 5 heteroatoms. The minimum Gasteiger partial charge on any atom is -0.378 e. The summed E-state index contributed by atoms with van der Waals surface area (Å²) in [6, 6.07) is 1.25. The largest absolute Gasteiger partial charge is 0.378 e. The van der Waals surface area contributed by atoms with Gasteiger partial charge in [0.1, 0.15) is 0 Å².